The van der Waals surface area contributed by atoms with Crippen molar-refractivity contribution >= 4 is 28.2 Å². The van der Waals surface area contributed by atoms with Crippen molar-refractivity contribution in [2.75, 3.05) is 18.5 Å². The van der Waals surface area contributed by atoms with Crippen molar-refractivity contribution in [3.8, 4) is 11.1 Å². The number of benzene rings is 1. The van der Waals surface area contributed by atoms with Crippen molar-refractivity contribution < 1.29 is 19.1 Å². The zero-order valence-electron chi connectivity index (χ0n) is 17.6. The fourth-order valence-corrected chi connectivity index (χ4v) is 7.10. The molecule has 0 radical (unpaired) electrons. The summed E-state index contributed by atoms with van der Waals surface area (Å²) in [7, 11) is 0. The van der Waals surface area contributed by atoms with Crippen molar-refractivity contribution in [2.45, 2.75) is 45.6 Å². The highest BCUT2D eigenvalue weighted by Gasteiger charge is 2.78. The first-order valence-electron chi connectivity index (χ1n) is 10.7. The van der Waals surface area contributed by atoms with E-state index in [9.17, 15) is 9.59 Å². The van der Waals surface area contributed by atoms with Crippen molar-refractivity contribution in [3.63, 3.8) is 0 Å². The Morgan fingerprint density at radius 3 is 2.70 bits per heavy atom. The Bertz CT molecular complexity index is 1020. The minimum absolute atomic E-state index is 0.0545. The summed E-state index contributed by atoms with van der Waals surface area (Å²) >= 11 is 1.36. The summed E-state index contributed by atoms with van der Waals surface area (Å²) in [5, 5.41) is 5.53. The van der Waals surface area contributed by atoms with Crippen LogP contribution in [0.25, 0.3) is 11.1 Å². The van der Waals surface area contributed by atoms with E-state index in [1.54, 1.807) is 6.92 Å². The predicted molar refractivity (Wildman–Crippen MR) is 117 cm³/mol. The summed E-state index contributed by atoms with van der Waals surface area (Å²) in [6.45, 7) is 7.18. The van der Waals surface area contributed by atoms with Gasteiger partial charge in [-0.05, 0) is 37.7 Å². The molecule has 1 aliphatic heterocycles. The van der Waals surface area contributed by atoms with Gasteiger partial charge in [0.25, 0.3) is 5.91 Å². The molecule has 0 spiro atoms. The van der Waals surface area contributed by atoms with Crippen LogP contribution in [0, 0.1) is 16.7 Å². The van der Waals surface area contributed by atoms with Crippen LogP contribution in [0.4, 0.5) is 5.00 Å². The van der Waals surface area contributed by atoms with Gasteiger partial charge in [-0.25, -0.2) is 4.79 Å². The van der Waals surface area contributed by atoms with Gasteiger partial charge in [0.05, 0.1) is 13.2 Å². The molecular weight excluding hydrogens is 398 g/mol. The Hall–Kier alpha value is -2.18. The number of carbonyl (C=O) groups is 2. The lowest BCUT2D eigenvalue weighted by Gasteiger charge is -2.39. The summed E-state index contributed by atoms with van der Waals surface area (Å²) in [6.07, 6.45) is 2.93. The van der Waals surface area contributed by atoms with Gasteiger partial charge in [-0.15, -0.1) is 11.3 Å². The van der Waals surface area contributed by atoms with Crippen molar-refractivity contribution in [3.05, 3.63) is 41.3 Å². The third kappa shape index (κ3) is 2.38. The standard InChI is InChI=1S/C24H27NO4S/c1-4-28-20(26)18-17(15-8-6-5-7-9-15)13-30-19(18)25-21(27)24-12-16-10-11-23(24,3)22(16,2)14-29-24/h5-9,13,16H,4,10-12,14H2,1-3H3,(H,25,27)/t16-,22+,23+,24-/m0/s1. The third-order valence-corrected chi connectivity index (χ3v) is 9.04. The Kier molecular flexibility index (Phi) is 4.39. The van der Waals surface area contributed by atoms with Gasteiger partial charge in [0.1, 0.15) is 10.6 Å². The van der Waals surface area contributed by atoms with Gasteiger partial charge in [0.2, 0.25) is 0 Å². The number of hydrogen-bond acceptors (Lipinski definition) is 5. The molecule has 1 N–H and O–H groups in total. The fraction of sp³-hybridized carbons (Fsp3) is 0.500. The Balaban J connectivity index is 1.51. The van der Waals surface area contributed by atoms with E-state index < -0.39 is 11.6 Å². The quantitative estimate of drug-likeness (QED) is 0.675. The summed E-state index contributed by atoms with van der Waals surface area (Å²) in [6, 6.07) is 9.71. The van der Waals surface area contributed by atoms with Crippen LogP contribution in [-0.2, 0) is 14.3 Å². The first kappa shape index (κ1) is 19.8. The number of rotatable bonds is 5. The van der Waals surface area contributed by atoms with Crippen molar-refractivity contribution in [1.82, 2.24) is 0 Å². The van der Waals surface area contributed by atoms with E-state index in [2.05, 4.69) is 19.2 Å². The van der Waals surface area contributed by atoms with Crippen LogP contribution in [0.15, 0.2) is 35.7 Å². The Morgan fingerprint density at radius 2 is 2.03 bits per heavy atom. The molecule has 1 amide bonds. The van der Waals surface area contributed by atoms with Gasteiger partial charge in [0.15, 0.2) is 5.60 Å². The van der Waals surface area contributed by atoms with Crippen LogP contribution < -0.4 is 5.32 Å². The monoisotopic (exact) mass is 425 g/mol. The van der Waals surface area contributed by atoms with Crippen molar-refractivity contribution in [1.29, 1.82) is 0 Å². The van der Waals surface area contributed by atoms with Gasteiger partial charge >= 0.3 is 5.97 Å². The fourth-order valence-electron chi connectivity index (χ4n) is 6.15. The molecule has 2 aromatic rings. The van der Waals surface area contributed by atoms with Crippen LogP contribution in [0.5, 0.6) is 0 Å². The zero-order chi connectivity index (χ0) is 21.1. The first-order valence-corrected chi connectivity index (χ1v) is 11.5. The molecular formula is C24H27NO4S. The van der Waals surface area contributed by atoms with Crippen LogP contribution in [0.2, 0.25) is 0 Å². The lowest BCUT2D eigenvalue weighted by Crippen LogP contribution is -2.52. The van der Waals surface area contributed by atoms with E-state index in [4.69, 9.17) is 9.47 Å². The maximum atomic E-state index is 13.6. The highest BCUT2D eigenvalue weighted by molar-refractivity contribution is 7.15. The number of hydrogen-bond donors (Lipinski definition) is 1. The minimum Gasteiger partial charge on any atom is -0.462 e. The minimum atomic E-state index is -0.812. The molecule has 1 aromatic carbocycles. The number of ether oxygens (including phenoxy) is 2. The number of anilines is 1. The van der Waals surface area contributed by atoms with Gasteiger partial charge in [-0.1, -0.05) is 44.2 Å². The molecule has 1 aromatic heterocycles. The van der Waals surface area contributed by atoms with Crippen LogP contribution >= 0.6 is 11.3 Å². The molecule has 6 heteroatoms. The smallest absolute Gasteiger partial charge is 0.341 e. The van der Waals surface area contributed by atoms with Crippen molar-refractivity contribution in [2.24, 2.45) is 16.7 Å². The van der Waals surface area contributed by atoms with Gasteiger partial charge in [-0.3, -0.25) is 4.79 Å². The second kappa shape index (κ2) is 6.66. The van der Waals surface area contributed by atoms with Gasteiger partial charge < -0.3 is 14.8 Å². The molecule has 158 valence electrons. The SMILES string of the molecule is CCOC(=O)c1c(-c2ccccc2)csc1NC(=O)[C@@]12C[C@@H]3CC[C@]1(C)[C@]3(C)CO2. The maximum absolute atomic E-state index is 13.6. The van der Waals surface area contributed by atoms with E-state index in [0.29, 0.717) is 23.1 Å². The molecule has 30 heavy (non-hydrogen) atoms. The molecule has 5 nitrogen and oxygen atoms in total. The normalized spacial score (nSPS) is 33.6. The maximum Gasteiger partial charge on any atom is 0.341 e. The molecule has 1 saturated heterocycles. The lowest BCUT2D eigenvalue weighted by molar-refractivity contribution is -0.149. The zero-order valence-corrected chi connectivity index (χ0v) is 18.4. The molecule has 4 atom stereocenters. The summed E-state index contributed by atoms with van der Waals surface area (Å²) < 4.78 is 11.6. The summed E-state index contributed by atoms with van der Waals surface area (Å²) in [5.41, 5.74) is 1.20. The average molecular weight is 426 g/mol. The molecule has 3 fully saturated rings. The Morgan fingerprint density at radius 1 is 1.27 bits per heavy atom. The highest BCUT2D eigenvalue weighted by Crippen LogP contribution is 2.75. The number of thiophene rings is 1. The molecule has 2 heterocycles. The third-order valence-electron chi connectivity index (χ3n) is 8.15. The predicted octanol–water partition coefficient (Wildman–Crippen LogP) is 5.13. The number of nitrogens with one attached hydrogen (secondary N) is 1. The summed E-state index contributed by atoms with van der Waals surface area (Å²) in [4.78, 5) is 26.5. The van der Waals surface area contributed by atoms with Crippen LogP contribution in [0.1, 0.15) is 50.4 Å². The van der Waals surface area contributed by atoms with Crippen LogP contribution in [-0.4, -0.2) is 30.7 Å². The van der Waals surface area contributed by atoms with E-state index in [1.165, 1.54) is 11.3 Å². The van der Waals surface area contributed by atoms with Gasteiger partial charge in [-0.2, -0.15) is 0 Å². The topological polar surface area (TPSA) is 64.6 Å². The van der Waals surface area contributed by atoms with E-state index in [0.717, 1.165) is 30.4 Å². The second-order valence-electron chi connectivity index (χ2n) is 9.20. The highest BCUT2D eigenvalue weighted by atomic mass is 32.1. The molecule has 5 rings (SSSR count). The molecule has 2 aliphatic carbocycles. The molecule has 2 saturated carbocycles. The number of carbonyl (C=O) groups excluding carboxylic acids is 2. The number of amides is 1. The van der Waals surface area contributed by atoms with Crippen LogP contribution in [0.3, 0.4) is 0 Å². The largest absolute Gasteiger partial charge is 0.462 e. The first-order chi connectivity index (χ1) is 14.4. The lowest BCUT2D eigenvalue weighted by atomic mass is 9.66. The molecule has 3 aliphatic rings. The van der Waals surface area contributed by atoms with E-state index in [1.807, 2.05) is 35.7 Å². The summed E-state index contributed by atoms with van der Waals surface area (Å²) in [5.74, 6) is -0.0144. The van der Waals surface area contributed by atoms with E-state index >= 15 is 0 Å². The molecule has 0 unspecified atom stereocenters. The van der Waals surface area contributed by atoms with Gasteiger partial charge in [0, 0.05) is 21.8 Å². The Labute approximate surface area is 180 Å². The molecule has 4 bridgehead atoms. The average Bonchev–Trinajstić information content (AvgIpc) is 3.39. The van der Waals surface area contributed by atoms with E-state index in [-0.39, 0.29) is 23.3 Å². The second-order valence-corrected chi connectivity index (χ2v) is 10.1. The number of esters is 1.